The monoisotopic (exact) mass is 354 g/mol. The highest BCUT2D eigenvalue weighted by atomic mass is 16.2. The summed E-state index contributed by atoms with van der Waals surface area (Å²) in [5.74, 6) is -0.771. The van der Waals surface area contributed by atoms with Gasteiger partial charge in [0.25, 0.3) is 5.91 Å². The molecular formula is C19H22N4O3. The van der Waals surface area contributed by atoms with Crippen LogP contribution in [0.15, 0.2) is 30.4 Å². The van der Waals surface area contributed by atoms with Crippen LogP contribution < -0.4 is 16.0 Å². The highest BCUT2D eigenvalue weighted by Gasteiger charge is 2.39. The molecule has 0 spiro atoms. The molecule has 0 saturated carbocycles. The number of hydrogen-bond donors (Lipinski definition) is 3. The highest BCUT2D eigenvalue weighted by Crippen LogP contribution is 2.29. The minimum Gasteiger partial charge on any atom is -0.322 e. The van der Waals surface area contributed by atoms with Crippen molar-refractivity contribution in [1.29, 1.82) is 0 Å². The lowest BCUT2D eigenvalue weighted by Gasteiger charge is -2.29. The van der Waals surface area contributed by atoms with E-state index in [1.165, 1.54) is 0 Å². The second-order valence-corrected chi connectivity index (χ2v) is 6.92. The van der Waals surface area contributed by atoms with Crippen LogP contribution in [0.4, 0.5) is 0 Å². The van der Waals surface area contributed by atoms with Crippen molar-refractivity contribution >= 4 is 17.7 Å². The molecule has 3 aliphatic rings. The van der Waals surface area contributed by atoms with Gasteiger partial charge in [-0.1, -0.05) is 24.3 Å². The van der Waals surface area contributed by atoms with Crippen molar-refractivity contribution in [2.75, 3.05) is 13.1 Å². The molecule has 1 aromatic rings. The topological polar surface area (TPSA) is 90.5 Å². The third-order valence-electron chi connectivity index (χ3n) is 5.23. The lowest BCUT2D eigenvalue weighted by atomic mass is 10.0. The number of imide groups is 1. The van der Waals surface area contributed by atoms with Crippen LogP contribution >= 0.6 is 0 Å². The third kappa shape index (κ3) is 3.15. The van der Waals surface area contributed by atoms with E-state index in [0.29, 0.717) is 31.1 Å². The fraction of sp³-hybridized carbons (Fsp3) is 0.421. The van der Waals surface area contributed by atoms with Gasteiger partial charge < -0.3 is 15.5 Å². The van der Waals surface area contributed by atoms with Crippen molar-refractivity contribution < 1.29 is 14.4 Å². The number of hydrogen-bond acceptors (Lipinski definition) is 5. The van der Waals surface area contributed by atoms with E-state index in [-0.39, 0.29) is 24.1 Å². The number of piperidine rings is 1. The second kappa shape index (κ2) is 7.01. The Morgan fingerprint density at radius 3 is 2.88 bits per heavy atom. The third-order valence-corrected chi connectivity index (χ3v) is 5.23. The Labute approximate surface area is 151 Å². The summed E-state index contributed by atoms with van der Waals surface area (Å²) in [6.45, 7) is 2.82. The summed E-state index contributed by atoms with van der Waals surface area (Å²) in [7, 11) is 0. The molecule has 7 heteroatoms. The summed E-state index contributed by atoms with van der Waals surface area (Å²) in [4.78, 5) is 37.9. The molecule has 2 unspecified atom stereocenters. The van der Waals surface area contributed by atoms with E-state index in [1.807, 2.05) is 18.2 Å². The first-order valence-corrected chi connectivity index (χ1v) is 8.99. The Bertz CT molecular complexity index is 789. The zero-order valence-electron chi connectivity index (χ0n) is 14.5. The van der Waals surface area contributed by atoms with Crippen LogP contribution in [0.25, 0.3) is 0 Å². The van der Waals surface area contributed by atoms with Crippen LogP contribution in [-0.4, -0.2) is 47.8 Å². The van der Waals surface area contributed by atoms with Gasteiger partial charge in [0.15, 0.2) is 0 Å². The molecule has 7 nitrogen and oxygen atoms in total. The zero-order chi connectivity index (χ0) is 18.1. The first-order chi connectivity index (χ1) is 12.6. The fourth-order valence-electron chi connectivity index (χ4n) is 3.84. The molecule has 2 atom stereocenters. The number of rotatable bonds is 5. The van der Waals surface area contributed by atoms with Gasteiger partial charge in [-0.25, -0.2) is 0 Å². The number of benzene rings is 1. The summed E-state index contributed by atoms with van der Waals surface area (Å²) < 4.78 is 0. The molecule has 1 fully saturated rings. The average Bonchev–Trinajstić information content (AvgIpc) is 3.24. The molecule has 26 heavy (non-hydrogen) atoms. The van der Waals surface area contributed by atoms with Gasteiger partial charge in [0.2, 0.25) is 11.8 Å². The van der Waals surface area contributed by atoms with Gasteiger partial charge in [0, 0.05) is 44.2 Å². The molecule has 3 N–H and O–H groups in total. The van der Waals surface area contributed by atoms with Crippen molar-refractivity contribution in [2.24, 2.45) is 0 Å². The van der Waals surface area contributed by atoms with Gasteiger partial charge in [-0.15, -0.1) is 0 Å². The van der Waals surface area contributed by atoms with Gasteiger partial charge in [-0.3, -0.25) is 19.7 Å². The largest absolute Gasteiger partial charge is 0.322 e. The van der Waals surface area contributed by atoms with Gasteiger partial charge in [-0.05, 0) is 23.6 Å². The van der Waals surface area contributed by atoms with Gasteiger partial charge in [0.1, 0.15) is 6.04 Å². The number of carbonyl (C=O) groups excluding carboxylic acids is 3. The molecule has 0 aliphatic carbocycles. The van der Waals surface area contributed by atoms with E-state index in [9.17, 15) is 14.4 Å². The number of nitrogens with zero attached hydrogens (tertiary/aromatic N) is 1. The molecule has 1 saturated heterocycles. The SMILES string of the molecule is O=C1CCC(N2Cc3c(CNCC4C=CCN4)cccc3C2=O)C(=O)N1. The van der Waals surface area contributed by atoms with E-state index >= 15 is 0 Å². The summed E-state index contributed by atoms with van der Waals surface area (Å²) in [6.07, 6.45) is 4.92. The van der Waals surface area contributed by atoms with Crippen LogP contribution in [-0.2, 0) is 22.7 Å². The number of amides is 3. The van der Waals surface area contributed by atoms with E-state index in [4.69, 9.17) is 0 Å². The van der Waals surface area contributed by atoms with Crippen molar-refractivity contribution in [3.05, 3.63) is 47.0 Å². The molecule has 0 bridgehead atoms. The molecule has 1 aromatic carbocycles. The molecule has 3 aliphatic heterocycles. The fourth-order valence-corrected chi connectivity index (χ4v) is 3.84. The van der Waals surface area contributed by atoms with E-state index < -0.39 is 6.04 Å². The predicted molar refractivity (Wildman–Crippen MR) is 95.1 cm³/mol. The summed E-state index contributed by atoms with van der Waals surface area (Å²) in [5.41, 5.74) is 2.71. The lowest BCUT2D eigenvalue weighted by molar-refractivity contribution is -0.136. The Balaban J connectivity index is 1.46. The van der Waals surface area contributed by atoms with Crippen LogP contribution in [0.3, 0.4) is 0 Å². The Hall–Kier alpha value is -2.51. The highest BCUT2D eigenvalue weighted by molar-refractivity contribution is 6.05. The summed E-state index contributed by atoms with van der Waals surface area (Å²) in [6, 6.07) is 5.49. The first-order valence-electron chi connectivity index (χ1n) is 8.99. The minimum atomic E-state index is -0.568. The molecule has 0 radical (unpaired) electrons. The maximum absolute atomic E-state index is 12.8. The molecular weight excluding hydrogens is 332 g/mol. The zero-order valence-corrected chi connectivity index (χ0v) is 14.5. The van der Waals surface area contributed by atoms with Crippen LogP contribution in [0.2, 0.25) is 0 Å². The summed E-state index contributed by atoms with van der Waals surface area (Å²) in [5, 5.41) is 9.12. The van der Waals surface area contributed by atoms with Crippen LogP contribution in [0.5, 0.6) is 0 Å². The normalized spacial score (nSPS) is 24.9. The van der Waals surface area contributed by atoms with Crippen LogP contribution in [0.1, 0.15) is 34.3 Å². The van der Waals surface area contributed by atoms with Crippen molar-refractivity contribution in [3.63, 3.8) is 0 Å². The van der Waals surface area contributed by atoms with Crippen LogP contribution in [0, 0.1) is 0 Å². The lowest BCUT2D eigenvalue weighted by Crippen LogP contribution is -2.52. The molecule has 136 valence electrons. The van der Waals surface area contributed by atoms with Gasteiger partial charge in [-0.2, -0.15) is 0 Å². The number of fused-ring (bicyclic) bond motifs is 1. The first kappa shape index (κ1) is 16.9. The molecule has 3 amide bonds. The Morgan fingerprint density at radius 2 is 2.12 bits per heavy atom. The number of carbonyl (C=O) groups is 3. The molecule has 0 aromatic heterocycles. The van der Waals surface area contributed by atoms with Crippen molar-refractivity contribution in [2.45, 2.75) is 38.0 Å². The maximum Gasteiger partial charge on any atom is 0.255 e. The Morgan fingerprint density at radius 1 is 1.23 bits per heavy atom. The van der Waals surface area contributed by atoms with Crippen molar-refractivity contribution in [1.82, 2.24) is 20.9 Å². The summed E-state index contributed by atoms with van der Waals surface area (Å²) >= 11 is 0. The quantitative estimate of drug-likeness (QED) is 0.514. The average molecular weight is 354 g/mol. The van der Waals surface area contributed by atoms with E-state index in [1.54, 1.807) is 4.90 Å². The molecule has 3 heterocycles. The standard InChI is InChI=1S/C19H22N4O3/c24-17-7-6-16(18(25)22-17)23-11-15-12(3-1-5-14(15)19(23)26)9-20-10-13-4-2-8-21-13/h1-5,13,16,20-21H,6-11H2,(H,22,24,25). The van der Waals surface area contributed by atoms with Gasteiger partial charge >= 0.3 is 0 Å². The smallest absolute Gasteiger partial charge is 0.255 e. The van der Waals surface area contributed by atoms with E-state index in [0.717, 1.165) is 24.2 Å². The van der Waals surface area contributed by atoms with Crippen molar-refractivity contribution in [3.8, 4) is 0 Å². The minimum absolute atomic E-state index is 0.128. The maximum atomic E-state index is 12.8. The molecule has 4 rings (SSSR count). The Kier molecular flexibility index (Phi) is 4.57. The number of nitrogens with one attached hydrogen (secondary N) is 3. The van der Waals surface area contributed by atoms with E-state index in [2.05, 4.69) is 28.1 Å². The van der Waals surface area contributed by atoms with Gasteiger partial charge in [0.05, 0.1) is 0 Å². The second-order valence-electron chi connectivity index (χ2n) is 6.92. The predicted octanol–water partition coefficient (Wildman–Crippen LogP) is 0.0652.